The van der Waals surface area contributed by atoms with E-state index in [-0.39, 0.29) is 24.6 Å². The van der Waals surface area contributed by atoms with Crippen LogP contribution in [0.3, 0.4) is 0 Å². The van der Waals surface area contributed by atoms with E-state index < -0.39 is 12.3 Å². The molecule has 3 aromatic rings. The number of halogens is 5. The molecule has 33 heavy (non-hydrogen) atoms. The Morgan fingerprint density at radius 1 is 1.27 bits per heavy atom. The van der Waals surface area contributed by atoms with E-state index in [4.69, 9.17) is 16.7 Å². The Bertz CT molecular complexity index is 1190. The van der Waals surface area contributed by atoms with E-state index in [1.165, 1.54) is 18.2 Å². The third-order valence-electron chi connectivity index (χ3n) is 4.40. The Morgan fingerprint density at radius 2 is 2.03 bits per heavy atom. The smallest absolute Gasteiger partial charge is 0.481 e. The molecule has 6 nitrogen and oxygen atoms in total. The summed E-state index contributed by atoms with van der Waals surface area (Å²) < 4.78 is 43.1. The van der Waals surface area contributed by atoms with Crippen LogP contribution in [-0.4, -0.2) is 45.3 Å². The molecule has 0 radical (unpaired) electrons. The molecule has 0 saturated carbocycles. The molecule has 1 N–H and O–H groups in total. The predicted molar refractivity (Wildman–Crippen MR) is 120 cm³/mol. The van der Waals surface area contributed by atoms with E-state index in [0.29, 0.717) is 47.1 Å². The molecule has 0 amide bonds. The molecular weight excluding hydrogens is 482 g/mol. The molecule has 0 bridgehead atoms. The molecule has 1 aromatic carbocycles. The second kappa shape index (κ2) is 11.3. The fourth-order valence-electron chi connectivity index (χ4n) is 3.05. The number of carbonyl (C=O) groups is 1. The van der Waals surface area contributed by atoms with Crippen LogP contribution >= 0.6 is 24.0 Å². The predicted octanol–water partition coefficient (Wildman–Crippen LogP) is 5.00. The van der Waals surface area contributed by atoms with Crippen molar-refractivity contribution >= 4 is 35.6 Å². The fourth-order valence-corrected chi connectivity index (χ4v) is 3.21. The van der Waals surface area contributed by atoms with Crippen LogP contribution in [0.4, 0.5) is 13.2 Å². The molecule has 0 aliphatic rings. The fraction of sp³-hybridized carbons (Fsp3) is 0.273. The number of aromatic nitrogens is 2. The standard InChI is InChI=1S/C22H19ClF3N3O3.ClH/c1-28(11-3-6-21(30)31)14-18-19(29-13-16(23)8-10-20(29)27-18)9-7-15-4-2-5-17(12-15)32-22(24,25)26;/h2,4-5,8,10,12-13H,3,6,11,14H2,1H3,(H,30,31);1H. The zero-order valence-electron chi connectivity index (χ0n) is 17.4. The minimum Gasteiger partial charge on any atom is -0.481 e. The molecule has 0 aliphatic heterocycles. The van der Waals surface area contributed by atoms with Gasteiger partial charge in [0.2, 0.25) is 0 Å². The van der Waals surface area contributed by atoms with E-state index >= 15 is 0 Å². The van der Waals surface area contributed by atoms with Crippen LogP contribution in [0.2, 0.25) is 5.02 Å². The van der Waals surface area contributed by atoms with Gasteiger partial charge < -0.3 is 14.7 Å². The number of ether oxygens (including phenoxy) is 1. The first kappa shape index (κ1) is 26.3. The van der Waals surface area contributed by atoms with Crippen molar-refractivity contribution in [2.24, 2.45) is 0 Å². The molecule has 11 heteroatoms. The Morgan fingerprint density at radius 3 is 2.73 bits per heavy atom. The summed E-state index contributed by atoms with van der Waals surface area (Å²) in [5.41, 5.74) is 2.13. The van der Waals surface area contributed by atoms with Crippen LogP contribution in [0, 0.1) is 11.8 Å². The Hall–Kier alpha value is -2.93. The zero-order chi connectivity index (χ0) is 23.3. The van der Waals surface area contributed by atoms with E-state index in [1.807, 2.05) is 11.9 Å². The average Bonchev–Trinajstić information content (AvgIpc) is 3.01. The summed E-state index contributed by atoms with van der Waals surface area (Å²) in [6, 6.07) is 8.83. The van der Waals surface area contributed by atoms with Gasteiger partial charge in [-0.15, -0.1) is 25.6 Å². The number of alkyl halides is 3. The minimum absolute atomic E-state index is 0. The van der Waals surface area contributed by atoms with Crippen LogP contribution in [0.1, 0.15) is 29.8 Å². The third kappa shape index (κ3) is 7.86. The van der Waals surface area contributed by atoms with Crippen molar-refractivity contribution in [1.29, 1.82) is 0 Å². The van der Waals surface area contributed by atoms with Crippen molar-refractivity contribution in [2.45, 2.75) is 25.7 Å². The average molecular weight is 502 g/mol. The number of carboxylic acid groups (broad SMARTS) is 1. The van der Waals surface area contributed by atoms with Crippen molar-refractivity contribution in [3.8, 4) is 17.6 Å². The van der Waals surface area contributed by atoms with Gasteiger partial charge in [0.1, 0.15) is 17.1 Å². The summed E-state index contributed by atoms with van der Waals surface area (Å²) >= 11 is 6.12. The summed E-state index contributed by atoms with van der Waals surface area (Å²) in [6.07, 6.45) is -2.58. The number of hydrogen-bond donors (Lipinski definition) is 1. The highest BCUT2D eigenvalue weighted by atomic mass is 35.5. The van der Waals surface area contributed by atoms with Crippen LogP contribution < -0.4 is 4.74 Å². The topological polar surface area (TPSA) is 67.1 Å². The Kier molecular flexibility index (Phi) is 8.99. The molecule has 0 spiro atoms. The van der Waals surface area contributed by atoms with E-state index in [9.17, 15) is 18.0 Å². The summed E-state index contributed by atoms with van der Waals surface area (Å²) in [7, 11) is 1.84. The van der Waals surface area contributed by atoms with Gasteiger partial charge in [0.15, 0.2) is 0 Å². The maximum Gasteiger partial charge on any atom is 0.573 e. The van der Waals surface area contributed by atoms with E-state index in [0.717, 1.165) is 0 Å². The van der Waals surface area contributed by atoms with Crippen molar-refractivity contribution in [3.05, 3.63) is 64.6 Å². The number of aliphatic carboxylic acids is 1. The van der Waals surface area contributed by atoms with Crippen molar-refractivity contribution in [1.82, 2.24) is 14.3 Å². The van der Waals surface area contributed by atoms with Gasteiger partial charge in [-0.25, -0.2) is 4.98 Å². The number of pyridine rings is 1. The maximum atomic E-state index is 12.5. The molecule has 2 heterocycles. The van der Waals surface area contributed by atoms with E-state index in [1.54, 1.807) is 28.8 Å². The van der Waals surface area contributed by atoms with Crippen LogP contribution in [0.25, 0.3) is 5.65 Å². The first-order valence-corrected chi connectivity index (χ1v) is 9.93. The zero-order valence-corrected chi connectivity index (χ0v) is 19.0. The van der Waals surface area contributed by atoms with Gasteiger partial charge in [-0.1, -0.05) is 23.6 Å². The normalized spacial score (nSPS) is 11.1. The van der Waals surface area contributed by atoms with Gasteiger partial charge in [0, 0.05) is 24.7 Å². The van der Waals surface area contributed by atoms with Crippen molar-refractivity contribution in [2.75, 3.05) is 13.6 Å². The second-order valence-electron chi connectivity index (χ2n) is 7.04. The lowest BCUT2D eigenvalue weighted by atomic mass is 10.2. The second-order valence-corrected chi connectivity index (χ2v) is 7.48. The monoisotopic (exact) mass is 501 g/mol. The highest BCUT2D eigenvalue weighted by Crippen LogP contribution is 2.23. The summed E-state index contributed by atoms with van der Waals surface area (Å²) in [6.45, 7) is 0.949. The molecule has 176 valence electrons. The molecular formula is C22H20Cl2F3N3O3. The lowest BCUT2D eigenvalue weighted by molar-refractivity contribution is -0.274. The lowest BCUT2D eigenvalue weighted by Gasteiger charge is -2.14. The van der Waals surface area contributed by atoms with Gasteiger partial charge in [0.25, 0.3) is 0 Å². The number of benzene rings is 1. The molecule has 0 atom stereocenters. The molecule has 3 rings (SSSR count). The Balaban J connectivity index is 0.00000385. The van der Waals surface area contributed by atoms with Gasteiger partial charge in [-0.2, -0.15) is 0 Å². The quantitative estimate of drug-likeness (QED) is 0.461. The molecule has 0 aliphatic carbocycles. The van der Waals surface area contributed by atoms with Crippen molar-refractivity contribution in [3.63, 3.8) is 0 Å². The molecule has 0 unspecified atom stereocenters. The Labute approximate surface area is 199 Å². The SMILES string of the molecule is CN(CCCC(=O)O)Cc1nc2ccc(Cl)cn2c1C#Cc1cccc(OC(F)(F)F)c1.Cl. The molecule has 0 saturated heterocycles. The molecule has 2 aromatic heterocycles. The minimum atomic E-state index is -4.79. The number of hydrogen-bond acceptors (Lipinski definition) is 4. The number of fused-ring (bicyclic) bond motifs is 1. The van der Waals surface area contributed by atoms with Gasteiger partial charge in [0.05, 0.1) is 10.7 Å². The van der Waals surface area contributed by atoms with Crippen LogP contribution in [0.5, 0.6) is 5.75 Å². The molecule has 0 fully saturated rings. The van der Waals surface area contributed by atoms with Gasteiger partial charge in [-0.3, -0.25) is 9.20 Å². The number of rotatable bonds is 7. The largest absolute Gasteiger partial charge is 0.573 e. The lowest BCUT2D eigenvalue weighted by Crippen LogP contribution is -2.20. The summed E-state index contributed by atoms with van der Waals surface area (Å²) in [5.74, 6) is 4.63. The highest BCUT2D eigenvalue weighted by Gasteiger charge is 2.31. The first-order valence-electron chi connectivity index (χ1n) is 9.55. The summed E-state index contributed by atoms with van der Waals surface area (Å²) in [4.78, 5) is 17.2. The van der Waals surface area contributed by atoms with Gasteiger partial charge in [-0.05, 0) is 56.3 Å². The van der Waals surface area contributed by atoms with Crippen LogP contribution in [0.15, 0.2) is 42.6 Å². The summed E-state index contributed by atoms with van der Waals surface area (Å²) in [5, 5.41) is 9.28. The number of imidazole rings is 1. The first-order chi connectivity index (χ1) is 15.1. The maximum absolute atomic E-state index is 12.5. The van der Waals surface area contributed by atoms with E-state index in [2.05, 4.69) is 21.6 Å². The highest BCUT2D eigenvalue weighted by molar-refractivity contribution is 6.30. The third-order valence-corrected chi connectivity index (χ3v) is 4.62. The van der Waals surface area contributed by atoms with Crippen LogP contribution in [-0.2, 0) is 11.3 Å². The number of carboxylic acids is 1. The van der Waals surface area contributed by atoms with Gasteiger partial charge >= 0.3 is 12.3 Å². The van der Waals surface area contributed by atoms with Crippen molar-refractivity contribution < 1.29 is 27.8 Å². The number of nitrogens with zero attached hydrogens (tertiary/aromatic N) is 3.